The van der Waals surface area contributed by atoms with Gasteiger partial charge in [0.15, 0.2) is 16.3 Å². The lowest BCUT2D eigenvalue weighted by Crippen LogP contribution is -2.16. The first-order chi connectivity index (χ1) is 14.7. The van der Waals surface area contributed by atoms with Gasteiger partial charge in [-0.25, -0.2) is 13.6 Å². The first-order valence-electron chi connectivity index (χ1n) is 8.72. The number of nitrogens with zero attached hydrogens (tertiary/aromatic N) is 2. The number of methoxy groups -OCH3 is 3. The van der Waals surface area contributed by atoms with Crippen LogP contribution in [0.2, 0.25) is 0 Å². The Morgan fingerprint density at radius 1 is 1.16 bits per heavy atom. The number of thiazole rings is 1. The summed E-state index contributed by atoms with van der Waals surface area (Å²) in [5.41, 5.74) is 0.844. The van der Waals surface area contributed by atoms with Gasteiger partial charge in [-0.15, -0.1) is 6.42 Å². The summed E-state index contributed by atoms with van der Waals surface area (Å²) in [5.74, 6) is 2.92. The van der Waals surface area contributed by atoms with Crippen LogP contribution in [-0.2, 0) is 16.6 Å². The highest BCUT2D eigenvalue weighted by Gasteiger charge is 2.18. The third-order valence-corrected chi connectivity index (χ3v) is 6.29. The number of nitrogens with two attached hydrogens (primary N) is 1. The van der Waals surface area contributed by atoms with E-state index in [0.717, 1.165) is 11.3 Å². The molecule has 162 valence electrons. The van der Waals surface area contributed by atoms with Crippen LogP contribution in [-0.4, -0.2) is 40.2 Å². The first-order valence-corrected chi connectivity index (χ1v) is 11.1. The van der Waals surface area contributed by atoms with Gasteiger partial charge in [-0.3, -0.25) is 4.79 Å². The highest BCUT2D eigenvalue weighted by atomic mass is 32.2. The van der Waals surface area contributed by atoms with Crippen LogP contribution in [0.5, 0.6) is 17.2 Å². The van der Waals surface area contributed by atoms with E-state index in [1.807, 2.05) is 0 Å². The molecule has 0 bridgehead atoms. The number of hydrogen-bond donors (Lipinski definition) is 1. The third kappa shape index (κ3) is 4.41. The maximum atomic E-state index is 12.9. The fourth-order valence-corrected chi connectivity index (χ4v) is 4.60. The largest absolute Gasteiger partial charge is 0.493 e. The van der Waals surface area contributed by atoms with Gasteiger partial charge >= 0.3 is 0 Å². The van der Waals surface area contributed by atoms with Crippen LogP contribution in [0, 0.1) is 12.3 Å². The van der Waals surface area contributed by atoms with E-state index in [1.54, 1.807) is 10.6 Å². The Labute approximate surface area is 182 Å². The van der Waals surface area contributed by atoms with E-state index < -0.39 is 15.9 Å². The molecule has 0 atom stereocenters. The molecular formula is C20H19N3O6S2. The van der Waals surface area contributed by atoms with E-state index >= 15 is 0 Å². The van der Waals surface area contributed by atoms with Crippen LogP contribution in [0.4, 0.5) is 0 Å². The zero-order chi connectivity index (χ0) is 22.8. The van der Waals surface area contributed by atoms with Crippen molar-refractivity contribution in [2.24, 2.45) is 10.1 Å². The van der Waals surface area contributed by atoms with Gasteiger partial charge in [0, 0.05) is 5.56 Å². The molecule has 0 aliphatic rings. The normalized spacial score (nSPS) is 11.9. The van der Waals surface area contributed by atoms with Crippen molar-refractivity contribution in [1.82, 2.24) is 4.57 Å². The minimum absolute atomic E-state index is 0.0448. The number of aromatic nitrogens is 1. The molecular weight excluding hydrogens is 442 g/mol. The molecule has 2 aromatic carbocycles. The molecule has 9 nitrogen and oxygen atoms in total. The molecule has 1 heterocycles. The summed E-state index contributed by atoms with van der Waals surface area (Å²) in [5, 5.41) is 5.21. The van der Waals surface area contributed by atoms with Crippen molar-refractivity contribution in [2.45, 2.75) is 11.4 Å². The Balaban J connectivity index is 2.19. The summed E-state index contributed by atoms with van der Waals surface area (Å²) in [4.78, 5) is 17.4. The molecule has 1 amide bonds. The molecule has 2 N–H and O–H groups in total. The van der Waals surface area contributed by atoms with Gasteiger partial charge in [-0.2, -0.15) is 4.99 Å². The summed E-state index contributed by atoms with van der Waals surface area (Å²) in [6, 6.07) is 7.36. The van der Waals surface area contributed by atoms with Crippen LogP contribution >= 0.6 is 11.3 Å². The van der Waals surface area contributed by atoms with E-state index in [4.69, 9.17) is 25.8 Å². The van der Waals surface area contributed by atoms with E-state index in [-0.39, 0.29) is 17.0 Å². The van der Waals surface area contributed by atoms with Gasteiger partial charge in [0.05, 0.1) is 43.0 Å². The molecule has 0 saturated carbocycles. The number of primary sulfonamides is 1. The van der Waals surface area contributed by atoms with Crippen LogP contribution < -0.4 is 24.2 Å². The summed E-state index contributed by atoms with van der Waals surface area (Å²) in [6.45, 7) is 0.135. The van der Waals surface area contributed by atoms with Crippen molar-refractivity contribution < 1.29 is 27.4 Å². The lowest BCUT2D eigenvalue weighted by molar-refractivity contribution is 0.0997. The molecule has 0 fully saturated rings. The molecule has 31 heavy (non-hydrogen) atoms. The molecule has 0 aliphatic heterocycles. The van der Waals surface area contributed by atoms with Gasteiger partial charge in [0.1, 0.15) is 0 Å². The van der Waals surface area contributed by atoms with Crippen LogP contribution in [0.1, 0.15) is 10.4 Å². The average Bonchev–Trinajstić information content (AvgIpc) is 3.08. The zero-order valence-electron chi connectivity index (χ0n) is 16.9. The number of carbonyl (C=O) groups excluding carboxylic acids is 1. The van der Waals surface area contributed by atoms with Crippen molar-refractivity contribution in [3.63, 3.8) is 0 Å². The molecule has 3 aromatic rings. The number of fused-ring (bicyclic) bond motifs is 1. The third-order valence-electron chi connectivity index (χ3n) is 4.34. The molecule has 1 aromatic heterocycles. The Kier molecular flexibility index (Phi) is 6.35. The Hall–Kier alpha value is -3.33. The van der Waals surface area contributed by atoms with Crippen molar-refractivity contribution >= 4 is 37.5 Å². The van der Waals surface area contributed by atoms with Crippen molar-refractivity contribution in [1.29, 1.82) is 0 Å². The highest BCUT2D eigenvalue weighted by molar-refractivity contribution is 7.89. The lowest BCUT2D eigenvalue weighted by Gasteiger charge is -2.12. The first kappa shape index (κ1) is 22.4. The molecule has 0 spiro atoms. The quantitative estimate of drug-likeness (QED) is 0.558. The Morgan fingerprint density at radius 2 is 1.81 bits per heavy atom. The summed E-state index contributed by atoms with van der Waals surface area (Å²) in [7, 11) is 0.468. The number of amides is 1. The van der Waals surface area contributed by atoms with Gasteiger partial charge in [-0.1, -0.05) is 17.3 Å². The van der Waals surface area contributed by atoms with Crippen LogP contribution in [0.3, 0.4) is 0 Å². The predicted octanol–water partition coefficient (Wildman–Crippen LogP) is 1.75. The molecule has 0 unspecified atom stereocenters. The van der Waals surface area contributed by atoms with E-state index in [1.165, 1.54) is 45.6 Å². The number of terminal acetylenes is 1. The maximum Gasteiger partial charge on any atom is 0.279 e. The summed E-state index contributed by atoms with van der Waals surface area (Å²) < 4.78 is 41.4. The topological polar surface area (TPSA) is 122 Å². The SMILES string of the molecule is C#CCn1c(=NC(=O)c2cc(OC)c(OC)c(OC)c2)sc2cc(S(N)(=O)=O)ccc21. The van der Waals surface area contributed by atoms with E-state index in [2.05, 4.69) is 10.9 Å². The second-order valence-corrected chi connectivity index (χ2v) is 8.75. The van der Waals surface area contributed by atoms with Gasteiger partial charge < -0.3 is 18.8 Å². The Morgan fingerprint density at radius 3 is 2.32 bits per heavy atom. The monoisotopic (exact) mass is 461 g/mol. The van der Waals surface area contributed by atoms with E-state index in [0.29, 0.717) is 32.3 Å². The number of ether oxygens (including phenoxy) is 3. The highest BCUT2D eigenvalue weighted by Crippen LogP contribution is 2.38. The molecule has 0 aliphatic carbocycles. The van der Waals surface area contributed by atoms with Crippen LogP contribution in [0.25, 0.3) is 10.2 Å². The standard InChI is InChI=1S/C20H19N3O6S2/c1-5-8-23-14-7-6-13(31(21,25)26)11-17(14)30-20(23)22-19(24)12-9-15(27-2)18(29-4)16(10-12)28-3/h1,6-7,9-11H,8H2,2-4H3,(H2,21,25,26). The van der Waals surface area contributed by atoms with Gasteiger partial charge in [0.2, 0.25) is 15.8 Å². The van der Waals surface area contributed by atoms with Crippen molar-refractivity contribution in [3.05, 3.63) is 40.7 Å². The summed E-state index contributed by atoms with van der Waals surface area (Å²) >= 11 is 1.12. The fourth-order valence-electron chi connectivity index (χ4n) is 2.92. The fraction of sp³-hybridized carbons (Fsp3) is 0.200. The smallest absolute Gasteiger partial charge is 0.279 e. The average molecular weight is 462 g/mol. The number of rotatable bonds is 6. The number of sulfonamides is 1. The second kappa shape index (κ2) is 8.81. The number of carbonyl (C=O) groups is 1. The summed E-state index contributed by atoms with van der Waals surface area (Å²) in [6.07, 6.45) is 5.47. The van der Waals surface area contributed by atoms with Gasteiger partial charge in [0.25, 0.3) is 5.91 Å². The Bertz CT molecular complexity index is 1360. The van der Waals surface area contributed by atoms with Crippen molar-refractivity contribution in [2.75, 3.05) is 21.3 Å². The molecule has 0 radical (unpaired) electrons. The molecule has 3 rings (SSSR count). The van der Waals surface area contributed by atoms with Gasteiger partial charge in [-0.05, 0) is 30.3 Å². The zero-order valence-corrected chi connectivity index (χ0v) is 18.5. The predicted molar refractivity (Wildman–Crippen MR) is 116 cm³/mol. The van der Waals surface area contributed by atoms with Crippen molar-refractivity contribution in [3.8, 4) is 29.6 Å². The lowest BCUT2D eigenvalue weighted by atomic mass is 10.1. The maximum absolute atomic E-state index is 12.9. The second-order valence-electron chi connectivity index (χ2n) is 6.18. The molecule has 0 saturated heterocycles. The number of hydrogen-bond acceptors (Lipinski definition) is 7. The minimum Gasteiger partial charge on any atom is -0.493 e. The molecule has 11 heteroatoms. The minimum atomic E-state index is -3.88. The van der Waals surface area contributed by atoms with E-state index in [9.17, 15) is 13.2 Å². The van der Waals surface area contributed by atoms with Crippen LogP contribution in [0.15, 0.2) is 40.2 Å². The number of benzene rings is 2.